The first-order valence-corrected chi connectivity index (χ1v) is 13.6. The van der Waals surface area contributed by atoms with Crippen LogP contribution in [0.2, 0.25) is 0 Å². The highest BCUT2D eigenvalue weighted by Gasteiger charge is 2.23. The van der Waals surface area contributed by atoms with Gasteiger partial charge in [-0.1, -0.05) is 13.8 Å². The molecule has 0 saturated carbocycles. The largest absolute Gasteiger partial charge is 0.497 e. The molecule has 0 spiro atoms. The van der Waals surface area contributed by atoms with E-state index in [4.69, 9.17) is 13.9 Å². The lowest BCUT2D eigenvalue weighted by Crippen LogP contribution is -2.28. The second kappa shape index (κ2) is 10.9. The van der Waals surface area contributed by atoms with Gasteiger partial charge < -0.3 is 13.9 Å². The van der Waals surface area contributed by atoms with Gasteiger partial charge >= 0.3 is 5.63 Å². The number of rotatable bonds is 9. The van der Waals surface area contributed by atoms with Crippen molar-refractivity contribution in [3.8, 4) is 17.0 Å². The van der Waals surface area contributed by atoms with Crippen molar-refractivity contribution in [2.75, 3.05) is 24.7 Å². The summed E-state index contributed by atoms with van der Waals surface area (Å²) in [5.41, 5.74) is 1.69. The van der Waals surface area contributed by atoms with E-state index < -0.39 is 21.5 Å². The number of sulfonamides is 1. The maximum Gasteiger partial charge on any atom is 0.343 e. The van der Waals surface area contributed by atoms with E-state index in [0.717, 1.165) is 10.6 Å². The molecule has 0 aliphatic heterocycles. The SMILES string of the molecule is COc1ccc2c(=O)oc(COCc3c(-c4ccc(F)cc4)nc(N(C)S(C)(=O)=O)nc3C(C)C)cc2c1. The van der Waals surface area contributed by atoms with E-state index in [1.807, 2.05) is 13.8 Å². The van der Waals surface area contributed by atoms with Gasteiger partial charge in [-0.3, -0.25) is 0 Å². The van der Waals surface area contributed by atoms with Gasteiger partial charge in [0.15, 0.2) is 0 Å². The summed E-state index contributed by atoms with van der Waals surface area (Å²) in [5.74, 6) is 0.389. The molecule has 0 unspecified atom stereocenters. The molecule has 9 nitrogen and oxygen atoms in total. The number of benzene rings is 2. The average Bonchev–Trinajstić information content (AvgIpc) is 2.87. The van der Waals surface area contributed by atoms with E-state index in [1.165, 1.54) is 19.2 Å². The molecule has 0 bridgehead atoms. The number of halogens is 1. The predicted molar refractivity (Wildman–Crippen MR) is 142 cm³/mol. The maximum absolute atomic E-state index is 13.7. The van der Waals surface area contributed by atoms with E-state index in [2.05, 4.69) is 9.97 Å². The number of methoxy groups -OCH3 is 1. The molecule has 200 valence electrons. The standard InChI is InChI=1S/C27H28FN3O6S/c1-16(2)24-23(15-36-14-21-13-18-12-20(35-4)10-11-22(18)26(32)37-21)25(17-6-8-19(28)9-7-17)30-27(29-24)31(3)38(5,33)34/h6-13,16H,14-15H2,1-5H3. The summed E-state index contributed by atoms with van der Waals surface area (Å²) >= 11 is 0. The van der Waals surface area contributed by atoms with Gasteiger partial charge in [0.25, 0.3) is 0 Å². The van der Waals surface area contributed by atoms with Gasteiger partial charge in [0, 0.05) is 18.2 Å². The highest BCUT2D eigenvalue weighted by molar-refractivity contribution is 7.92. The third-order valence-corrected chi connectivity index (χ3v) is 7.14. The summed E-state index contributed by atoms with van der Waals surface area (Å²) in [6, 6.07) is 12.5. The molecule has 0 radical (unpaired) electrons. The molecule has 4 rings (SSSR count). The van der Waals surface area contributed by atoms with Crippen LogP contribution in [0.1, 0.15) is 36.8 Å². The molecule has 0 saturated heterocycles. The zero-order valence-electron chi connectivity index (χ0n) is 21.7. The smallest absolute Gasteiger partial charge is 0.343 e. The number of anilines is 1. The number of hydrogen-bond donors (Lipinski definition) is 0. The fraction of sp³-hybridized carbons (Fsp3) is 0.296. The summed E-state index contributed by atoms with van der Waals surface area (Å²) in [6.07, 6.45) is 1.06. The lowest BCUT2D eigenvalue weighted by molar-refractivity contribution is 0.0903. The summed E-state index contributed by atoms with van der Waals surface area (Å²) in [6.45, 7) is 3.84. The fourth-order valence-electron chi connectivity index (χ4n) is 3.92. The second-order valence-corrected chi connectivity index (χ2v) is 11.1. The number of aromatic nitrogens is 2. The fourth-order valence-corrected chi connectivity index (χ4v) is 4.30. The Kier molecular flexibility index (Phi) is 7.79. The lowest BCUT2D eigenvalue weighted by atomic mass is 9.99. The van der Waals surface area contributed by atoms with Crippen molar-refractivity contribution in [1.82, 2.24) is 9.97 Å². The minimum absolute atomic E-state index is 0.00579. The number of ether oxygens (including phenoxy) is 2. The zero-order chi connectivity index (χ0) is 27.6. The first-order valence-electron chi connectivity index (χ1n) is 11.8. The first kappa shape index (κ1) is 27.2. The normalized spacial score (nSPS) is 11.8. The second-order valence-electron chi connectivity index (χ2n) is 9.07. The van der Waals surface area contributed by atoms with Gasteiger partial charge in [-0.2, -0.15) is 0 Å². The van der Waals surface area contributed by atoms with Crippen LogP contribution < -0.4 is 14.7 Å². The van der Waals surface area contributed by atoms with Gasteiger partial charge in [0.05, 0.1) is 36.7 Å². The third-order valence-electron chi connectivity index (χ3n) is 5.98. The Morgan fingerprint density at radius 3 is 2.39 bits per heavy atom. The van der Waals surface area contributed by atoms with Crippen molar-refractivity contribution in [3.05, 3.63) is 81.8 Å². The van der Waals surface area contributed by atoms with Gasteiger partial charge in [0.1, 0.15) is 23.9 Å². The van der Waals surface area contributed by atoms with Gasteiger partial charge in [-0.25, -0.2) is 31.9 Å². The average molecular weight is 542 g/mol. The Labute approximate surface area is 219 Å². The van der Waals surface area contributed by atoms with Crippen LogP contribution in [0, 0.1) is 5.82 Å². The first-order chi connectivity index (χ1) is 18.0. The van der Waals surface area contributed by atoms with Crippen LogP contribution in [0.15, 0.2) is 57.7 Å². The molecule has 0 aliphatic carbocycles. The van der Waals surface area contributed by atoms with Crippen LogP contribution in [0.5, 0.6) is 5.75 Å². The molecule has 2 aromatic carbocycles. The molecule has 0 N–H and O–H groups in total. The Morgan fingerprint density at radius 2 is 1.76 bits per heavy atom. The minimum atomic E-state index is -3.63. The van der Waals surface area contributed by atoms with Crippen molar-refractivity contribution in [1.29, 1.82) is 0 Å². The third kappa shape index (κ3) is 5.84. The molecule has 0 atom stereocenters. The predicted octanol–water partition coefficient (Wildman–Crippen LogP) is 4.63. The van der Waals surface area contributed by atoms with Crippen LogP contribution in [0.25, 0.3) is 22.0 Å². The van der Waals surface area contributed by atoms with Crippen LogP contribution >= 0.6 is 0 Å². The quantitative estimate of drug-likeness (QED) is 0.301. The van der Waals surface area contributed by atoms with Crippen LogP contribution in [-0.2, 0) is 28.0 Å². The molecule has 0 aliphatic rings. The molecular formula is C27H28FN3O6S. The topological polar surface area (TPSA) is 112 Å². The summed E-state index contributed by atoms with van der Waals surface area (Å²) < 4.78 is 55.7. The van der Waals surface area contributed by atoms with Crippen molar-refractivity contribution in [2.45, 2.75) is 33.0 Å². The van der Waals surface area contributed by atoms with E-state index in [9.17, 15) is 17.6 Å². The molecule has 0 amide bonds. The lowest BCUT2D eigenvalue weighted by Gasteiger charge is -2.21. The highest BCUT2D eigenvalue weighted by atomic mass is 32.2. The molecule has 38 heavy (non-hydrogen) atoms. The van der Waals surface area contributed by atoms with E-state index >= 15 is 0 Å². The van der Waals surface area contributed by atoms with E-state index in [1.54, 1.807) is 43.5 Å². The Bertz CT molecular complexity index is 1640. The van der Waals surface area contributed by atoms with Gasteiger partial charge in [-0.05, 0) is 59.8 Å². The van der Waals surface area contributed by atoms with Crippen molar-refractivity contribution >= 4 is 26.7 Å². The Balaban J connectivity index is 1.73. The highest BCUT2D eigenvalue weighted by Crippen LogP contribution is 2.31. The monoisotopic (exact) mass is 541 g/mol. The number of fused-ring (bicyclic) bond motifs is 1. The molecule has 4 aromatic rings. The molecular weight excluding hydrogens is 513 g/mol. The van der Waals surface area contributed by atoms with E-state index in [-0.39, 0.29) is 25.1 Å². The van der Waals surface area contributed by atoms with Crippen molar-refractivity contribution in [3.63, 3.8) is 0 Å². The molecule has 11 heteroatoms. The van der Waals surface area contributed by atoms with Gasteiger partial charge in [-0.15, -0.1) is 0 Å². The molecule has 2 heterocycles. The van der Waals surface area contributed by atoms with E-state index in [0.29, 0.717) is 44.8 Å². The van der Waals surface area contributed by atoms with Crippen molar-refractivity contribution in [2.24, 2.45) is 0 Å². The molecule has 0 fully saturated rings. The number of nitrogens with zero attached hydrogens (tertiary/aromatic N) is 3. The van der Waals surface area contributed by atoms with Gasteiger partial charge in [0.2, 0.25) is 16.0 Å². The Hall–Kier alpha value is -3.83. The summed E-state index contributed by atoms with van der Waals surface area (Å²) in [7, 11) is -0.715. The summed E-state index contributed by atoms with van der Waals surface area (Å²) in [4.78, 5) is 21.5. The minimum Gasteiger partial charge on any atom is -0.497 e. The van der Waals surface area contributed by atoms with Crippen LogP contribution in [0.3, 0.4) is 0 Å². The zero-order valence-corrected chi connectivity index (χ0v) is 22.5. The Morgan fingerprint density at radius 1 is 1.05 bits per heavy atom. The maximum atomic E-state index is 13.7. The number of hydrogen-bond acceptors (Lipinski definition) is 8. The summed E-state index contributed by atoms with van der Waals surface area (Å²) in [5, 5.41) is 1.08. The molecule has 2 aromatic heterocycles. The van der Waals surface area contributed by atoms with Crippen LogP contribution in [0.4, 0.5) is 10.3 Å². The van der Waals surface area contributed by atoms with Crippen molar-refractivity contribution < 1.29 is 26.7 Å². The van der Waals surface area contributed by atoms with Crippen LogP contribution in [-0.4, -0.2) is 38.8 Å².